The first kappa shape index (κ1) is 22.3. The Hall–Kier alpha value is -4.72. The summed E-state index contributed by atoms with van der Waals surface area (Å²) in [6.07, 6.45) is 0. The van der Waals surface area contributed by atoms with Gasteiger partial charge in [0.05, 0.1) is 16.6 Å². The topological polar surface area (TPSA) is 34.4 Å². The third-order valence-corrected chi connectivity index (χ3v) is 10.9. The van der Waals surface area contributed by atoms with Crippen molar-refractivity contribution in [3.05, 3.63) is 140 Å². The monoisotopic (exact) mass is 518 g/mol. The van der Waals surface area contributed by atoms with Crippen LogP contribution in [0.5, 0.6) is 0 Å². The summed E-state index contributed by atoms with van der Waals surface area (Å²) in [5.41, 5.74) is 4.08. The summed E-state index contributed by atoms with van der Waals surface area (Å²) in [7, 11) is -3.12. The maximum atomic E-state index is 15.2. The first-order valence-corrected chi connectivity index (χ1v) is 14.8. The van der Waals surface area contributed by atoms with Crippen molar-refractivity contribution in [2.45, 2.75) is 0 Å². The van der Waals surface area contributed by atoms with Gasteiger partial charge in [-0.2, -0.15) is 0 Å². The molecule has 0 saturated carbocycles. The molecule has 0 aliphatic carbocycles. The average Bonchev–Trinajstić information content (AvgIpc) is 3.41. The van der Waals surface area contributed by atoms with E-state index in [1.165, 1.54) is 10.8 Å². The Bertz CT molecular complexity index is 2210. The highest BCUT2D eigenvalue weighted by molar-refractivity contribution is 7.85. The summed E-state index contributed by atoms with van der Waals surface area (Å²) < 4.78 is 17.5. The zero-order valence-corrected chi connectivity index (χ0v) is 21.9. The minimum absolute atomic E-state index is 0.822. The lowest BCUT2D eigenvalue weighted by Crippen LogP contribution is -2.24. The van der Waals surface area contributed by atoms with Gasteiger partial charge >= 0.3 is 0 Å². The summed E-state index contributed by atoms with van der Waals surface area (Å²) in [6, 6.07) is 47.2. The normalized spacial score (nSPS) is 12.2. The van der Waals surface area contributed by atoms with Crippen molar-refractivity contribution >= 4 is 72.2 Å². The number of para-hydroxylation sites is 2. The number of benzene rings is 6. The average molecular weight is 519 g/mol. The summed E-state index contributed by atoms with van der Waals surface area (Å²) >= 11 is 0. The number of fused-ring (bicyclic) bond motifs is 10. The molecule has 8 rings (SSSR count). The lowest BCUT2D eigenvalue weighted by atomic mass is 10.0. The van der Waals surface area contributed by atoms with Crippen LogP contribution in [0.2, 0.25) is 0 Å². The van der Waals surface area contributed by atoms with E-state index in [4.69, 9.17) is 4.98 Å². The molecule has 0 aliphatic heterocycles. The van der Waals surface area contributed by atoms with Crippen molar-refractivity contribution < 1.29 is 4.57 Å². The van der Waals surface area contributed by atoms with Crippen molar-refractivity contribution in [3.8, 4) is 0 Å². The fraction of sp³-hybridized carbons (Fsp3) is 0. The third kappa shape index (κ3) is 3.17. The first-order valence-electron chi connectivity index (χ1n) is 13.1. The first-order chi connectivity index (χ1) is 19.2. The molecule has 0 N–H and O–H groups in total. The molecule has 0 fully saturated rings. The van der Waals surface area contributed by atoms with E-state index in [0.717, 1.165) is 54.3 Å². The Morgan fingerprint density at radius 3 is 1.92 bits per heavy atom. The fourth-order valence-corrected chi connectivity index (χ4v) is 8.69. The highest BCUT2D eigenvalue weighted by Gasteiger charge is 2.30. The standard InChI is InChI=1S/C35H23N2OP/c38-39(25-12-3-1-4-13-25,26-14-5-2-6-15-26)27-20-22-30-31(23-27)29-21-19-24-11-7-8-16-28(24)34(29)37-33-18-10-9-17-32(33)36-35(30)37/h1-23H. The quantitative estimate of drug-likeness (QED) is 0.178. The van der Waals surface area contributed by atoms with Crippen molar-refractivity contribution in [1.82, 2.24) is 9.38 Å². The zero-order valence-electron chi connectivity index (χ0n) is 21.0. The van der Waals surface area contributed by atoms with Gasteiger partial charge in [0.2, 0.25) is 0 Å². The van der Waals surface area contributed by atoms with Crippen LogP contribution in [-0.4, -0.2) is 9.38 Å². The predicted octanol–water partition coefficient (Wildman–Crippen LogP) is 7.59. The van der Waals surface area contributed by atoms with E-state index in [0.29, 0.717) is 0 Å². The smallest absolute Gasteiger partial charge is 0.171 e. The molecule has 0 radical (unpaired) electrons. The van der Waals surface area contributed by atoms with Crippen LogP contribution in [0.25, 0.3) is 49.1 Å². The summed E-state index contributed by atoms with van der Waals surface area (Å²) in [6.45, 7) is 0. The molecule has 4 heteroatoms. The molecule has 184 valence electrons. The van der Waals surface area contributed by atoms with Crippen molar-refractivity contribution in [1.29, 1.82) is 0 Å². The second-order valence-electron chi connectivity index (χ2n) is 9.95. The molecule has 2 heterocycles. The SMILES string of the molecule is O=P(c1ccccc1)(c1ccccc1)c1ccc2c(c1)c1ccc3ccccc3c1n1c3ccccc3nc21. The number of aromatic nitrogens is 2. The Kier molecular flexibility index (Phi) is 4.79. The summed E-state index contributed by atoms with van der Waals surface area (Å²) in [5.74, 6) is 0. The van der Waals surface area contributed by atoms with Crippen LogP contribution in [0.1, 0.15) is 0 Å². The van der Waals surface area contributed by atoms with Gasteiger partial charge in [-0.15, -0.1) is 0 Å². The van der Waals surface area contributed by atoms with Crippen LogP contribution in [0.15, 0.2) is 140 Å². The molecule has 39 heavy (non-hydrogen) atoms. The fourth-order valence-electron chi connectivity index (χ4n) is 6.02. The van der Waals surface area contributed by atoms with E-state index in [1.807, 2.05) is 72.8 Å². The number of hydrogen-bond donors (Lipinski definition) is 0. The predicted molar refractivity (Wildman–Crippen MR) is 165 cm³/mol. The molecule has 0 atom stereocenters. The van der Waals surface area contributed by atoms with E-state index in [1.54, 1.807) is 0 Å². The maximum Gasteiger partial charge on any atom is 0.171 e. The van der Waals surface area contributed by atoms with E-state index < -0.39 is 7.14 Å². The van der Waals surface area contributed by atoms with Gasteiger partial charge in [-0.1, -0.05) is 115 Å². The van der Waals surface area contributed by atoms with Gasteiger partial charge in [-0.25, -0.2) is 4.98 Å². The van der Waals surface area contributed by atoms with E-state index in [-0.39, 0.29) is 0 Å². The zero-order chi connectivity index (χ0) is 26.0. The van der Waals surface area contributed by atoms with Gasteiger partial charge in [0.1, 0.15) is 5.65 Å². The van der Waals surface area contributed by atoms with Crippen molar-refractivity contribution in [2.24, 2.45) is 0 Å². The Morgan fingerprint density at radius 2 is 1.15 bits per heavy atom. The lowest BCUT2D eigenvalue weighted by molar-refractivity contribution is 0.592. The van der Waals surface area contributed by atoms with E-state index in [2.05, 4.69) is 71.1 Å². The second kappa shape index (κ2) is 8.39. The molecule has 0 bridgehead atoms. The van der Waals surface area contributed by atoms with Crippen LogP contribution in [0, 0.1) is 0 Å². The van der Waals surface area contributed by atoms with E-state index >= 15 is 4.57 Å². The molecule has 2 aromatic heterocycles. The Morgan fingerprint density at radius 1 is 0.513 bits per heavy atom. The molecule has 3 nitrogen and oxygen atoms in total. The van der Waals surface area contributed by atoms with Crippen LogP contribution in [0.3, 0.4) is 0 Å². The molecule has 0 saturated heterocycles. The highest BCUT2D eigenvalue weighted by Crippen LogP contribution is 2.44. The van der Waals surface area contributed by atoms with Crippen LogP contribution < -0.4 is 15.9 Å². The molecule has 0 aliphatic rings. The number of rotatable bonds is 3. The Labute approximate surface area is 225 Å². The second-order valence-corrected chi connectivity index (χ2v) is 12.7. The minimum Gasteiger partial charge on any atom is -0.309 e. The van der Waals surface area contributed by atoms with Gasteiger partial charge in [0, 0.05) is 32.1 Å². The highest BCUT2D eigenvalue weighted by atomic mass is 31.2. The molecule has 6 aromatic carbocycles. The summed E-state index contributed by atoms with van der Waals surface area (Å²) in [5, 5.41) is 8.06. The van der Waals surface area contributed by atoms with Crippen molar-refractivity contribution in [2.75, 3.05) is 0 Å². The third-order valence-electron chi connectivity index (χ3n) is 7.82. The number of nitrogens with zero attached hydrogens (tertiary/aromatic N) is 2. The molecule has 0 unspecified atom stereocenters. The van der Waals surface area contributed by atoms with Gasteiger partial charge in [-0.3, -0.25) is 4.40 Å². The van der Waals surface area contributed by atoms with Gasteiger partial charge in [-0.05, 0) is 35.0 Å². The van der Waals surface area contributed by atoms with Gasteiger partial charge in [0.25, 0.3) is 0 Å². The van der Waals surface area contributed by atoms with Crippen LogP contribution >= 0.6 is 7.14 Å². The van der Waals surface area contributed by atoms with Crippen LogP contribution in [0.4, 0.5) is 0 Å². The van der Waals surface area contributed by atoms with E-state index in [9.17, 15) is 0 Å². The van der Waals surface area contributed by atoms with Gasteiger partial charge in [0.15, 0.2) is 7.14 Å². The molecular formula is C35H23N2OP. The number of hydrogen-bond acceptors (Lipinski definition) is 2. The molecule has 0 spiro atoms. The molecule has 8 aromatic rings. The summed E-state index contributed by atoms with van der Waals surface area (Å²) in [4.78, 5) is 5.10. The minimum atomic E-state index is -3.12. The molecular weight excluding hydrogens is 495 g/mol. The number of imidazole rings is 1. The Balaban J connectivity index is 1.56. The van der Waals surface area contributed by atoms with Crippen molar-refractivity contribution in [3.63, 3.8) is 0 Å². The van der Waals surface area contributed by atoms with Gasteiger partial charge < -0.3 is 4.57 Å². The number of pyridine rings is 1. The maximum absolute atomic E-state index is 15.2. The lowest BCUT2D eigenvalue weighted by Gasteiger charge is -2.21. The largest absolute Gasteiger partial charge is 0.309 e. The van der Waals surface area contributed by atoms with Crippen LogP contribution in [-0.2, 0) is 4.57 Å². The molecule has 0 amide bonds.